The van der Waals surface area contributed by atoms with Crippen molar-refractivity contribution >= 4 is 11.9 Å². The van der Waals surface area contributed by atoms with Gasteiger partial charge in [0.1, 0.15) is 0 Å². The van der Waals surface area contributed by atoms with Gasteiger partial charge >= 0.3 is 11.9 Å². The first-order valence-corrected chi connectivity index (χ1v) is 20.9. The molecule has 0 aliphatic carbocycles. The molecule has 1 N–H and O–H groups in total. The summed E-state index contributed by atoms with van der Waals surface area (Å²) in [6, 6.07) is 0. The number of ether oxygens (including phenoxy) is 2. The van der Waals surface area contributed by atoms with Crippen molar-refractivity contribution < 1.29 is 24.2 Å². The Labute approximate surface area is 299 Å². The van der Waals surface area contributed by atoms with Gasteiger partial charge in [0.2, 0.25) is 0 Å². The molecule has 0 saturated carbocycles. The van der Waals surface area contributed by atoms with E-state index in [1.165, 1.54) is 103 Å². The van der Waals surface area contributed by atoms with Crippen molar-refractivity contribution in [2.75, 3.05) is 39.5 Å². The summed E-state index contributed by atoms with van der Waals surface area (Å²) in [6.07, 6.45) is 30.6. The maximum atomic E-state index is 12.3. The number of esters is 2. The highest BCUT2D eigenvalue weighted by molar-refractivity contribution is 5.69. The third-order valence-electron chi connectivity index (χ3n) is 9.84. The van der Waals surface area contributed by atoms with Crippen molar-refractivity contribution in [3.8, 4) is 0 Å². The first-order chi connectivity index (χ1) is 23.3. The molecule has 0 aliphatic rings. The van der Waals surface area contributed by atoms with Crippen molar-refractivity contribution in [2.45, 2.75) is 208 Å². The standard InChI is InChI=1S/C42H83NO5/c1-6-9-10-11-12-16-25-37-47-40(45)30-20-14-13-15-23-33-43(35-26-36-44)34-24-18-22-32-42(4,5)38-48-41(46)31-21-17-19-29-39(27-7-2)28-8-3/h39,44H,6-38H2,1-5H3. The van der Waals surface area contributed by atoms with Crippen LogP contribution in [0.2, 0.25) is 0 Å². The maximum absolute atomic E-state index is 12.3. The molecule has 6 nitrogen and oxygen atoms in total. The second kappa shape index (κ2) is 34.3. The number of carbonyl (C=O) groups excluding carboxylic acids is 2. The first kappa shape index (κ1) is 46.9. The normalized spacial score (nSPS) is 11.9. The van der Waals surface area contributed by atoms with Crippen molar-refractivity contribution in [1.82, 2.24) is 4.90 Å². The van der Waals surface area contributed by atoms with Gasteiger partial charge < -0.3 is 19.5 Å². The molecule has 0 rings (SSSR count). The Balaban J connectivity index is 3.91. The number of nitrogens with zero attached hydrogens (tertiary/aromatic N) is 1. The van der Waals surface area contributed by atoms with Crippen LogP contribution in [0.1, 0.15) is 208 Å². The Hall–Kier alpha value is -1.14. The number of rotatable bonds is 37. The molecule has 0 aromatic carbocycles. The lowest BCUT2D eigenvalue weighted by Gasteiger charge is -2.25. The minimum absolute atomic E-state index is 0.0179. The molecule has 48 heavy (non-hydrogen) atoms. The summed E-state index contributed by atoms with van der Waals surface area (Å²) in [5.41, 5.74) is 0.0179. The molecule has 0 radical (unpaired) electrons. The Morgan fingerprint density at radius 3 is 1.67 bits per heavy atom. The van der Waals surface area contributed by atoms with Crippen LogP contribution in [0, 0.1) is 11.3 Å². The smallest absolute Gasteiger partial charge is 0.305 e. The third-order valence-corrected chi connectivity index (χ3v) is 9.84. The molecule has 286 valence electrons. The predicted molar refractivity (Wildman–Crippen MR) is 204 cm³/mol. The zero-order chi connectivity index (χ0) is 35.6. The molecule has 0 amide bonds. The zero-order valence-corrected chi connectivity index (χ0v) is 32.9. The first-order valence-electron chi connectivity index (χ1n) is 20.9. The van der Waals surface area contributed by atoms with Gasteiger partial charge in [-0.25, -0.2) is 0 Å². The molecule has 6 heteroatoms. The Kier molecular flexibility index (Phi) is 33.5. The van der Waals surface area contributed by atoms with Crippen LogP contribution in [0.15, 0.2) is 0 Å². The van der Waals surface area contributed by atoms with Gasteiger partial charge in [-0.05, 0) is 69.4 Å². The summed E-state index contributed by atoms with van der Waals surface area (Å²) in [5.74, 6) is 0.809. The van der Waals surface area contributed by atoms with E-state index in [4.69, 9.17) is 9.47 Å². The molecular weight excluding hydrogens is 598 g/mol. The van der Waals surface area contributed by atoms with E-state index in [9.17, 15) is 14.7 Å². The lowest BCUT2D eigenvalue weighted by molar-refractivity contribution is -0.147. The lowest BCUT2D eigenvalue weighted by Crippen LogP contribution is -2.28. The minimum Gasteiger partial charge on any atom is -0.466 e. The largest absolute Gasteiger partial charge is 0.466 e. The summed E-state index contributed by atoms with van der Waals surface area (Å²) in [7, 11) is 0. The Morgan fingerprint density at radius 2 is 1.06 bits per heavy atom. The quantitative estimate of drug-likeness (QED) is 0.0519. The van der Waals surface area contributed by atoms with Crippen LogP contribution in [0.4, 0.5) is 0 Å². The van der Waals surface area contributed by atoms with E-state index >= 15 is 0 Å². The lowest BCUT2D eigenvalue weighted by atomic mass is 9.88. The number of hydrogen-bond donors (Lipinski definition) is 1. The van der Waals surface area contributed by atoms with E-state index < -0.39 is 0 Å². The Bertz CT molecular complexity index is 706. The predicted octanol–water partition coefficient (Wildman–Crippen LogP) is 11.6. The van der Waals surface area contributed by atoms with Gasteiger partial charge in [-0.15, -0.1) is 0 Å². The van der Waals surface area contributed by atoms with E-state index in [0.717, 1.165) is 83.3 Å². The molecule has 0 saturated heterocycles. The highest BCUT2D eigenvalue weighted by atomic mass is 16.5. The van der Waals surface area contributed by atoms with Crippen LogP contribution in [0.25, 0.3) is 0 Å². The van der Waals surface area contributed by atoms with Crippen LogP contribution in [0.5, 0.6) is 0 Å². The van der Waals surface area contributed by atoms with Gasteiger partial charge in [0, 0.05) is 26.0 Å². The number of hydrogen-bond acceptors (Lipinski definition) is 6. The highest BCUT2D eigenvalue weighted by Gasteiger charge is 2.20. The average molecular weight is 682 g/mol. The molecule has 0 atom stereocenters. The van der Waals surface area contributed by atoms with Gasteiger partial charge in [0.05, 0.1) is 13.2 Å². The number of unbranched alkanes of at least 4 members (excludes halogenated alkanes) is 14. The Morgan fingerprint density at radius 1 is 0.562 bits per heavy atom. The van der Waals surface area contributed by atoms with E-state index in [1.54, 1.807) is 0 Å². The molecule has 0 fully saturated rings. The van der Waals surface area contributed by atoms with Crippen molar-refractivity contribution in [3.63, 3.8) is 0 Å². The second-order valence-corrected chi connectivity index (χ2v) is 15.5. The van der Waals surface area contributed by atoms with Gasteiger partial charge in [-0.1, -0.05) is 150 Å². The van der Waals surface area contributed by atoms with Crippen LogP contribution < -0.4 is 0 Å². The van der Waals surface area contributed by atoms with E-state index in [1.807, 2.05) is 0 Å². The molecule has 0 aromatic rings. The monoisotopic (exact) mass is 682 g/mol. The molecule has 0 heterocycles. The molecule has 0 unspecified atom stereocenters. The van der Waals surface area contributed by atoms with Gasteiger partial charge in [0.15, 0.2) is 0 Å². The summed E-state index contributed by atoms with van der Waals surface area (Å²) >= 11 is 0. The number of carbonyl (C=O) groups is 2. The van der Waals surface area contributed by atoms with Crippen molar-refractivity contribution in [3.05, 3.63) is 0 Å². The van der Waals surface area contributed by atoms with Crippen molar-refractivity contribution in [1.29, 1.82) is 0 Å². The number of aliphatic hydroxyl groups excluding tert-OH is 1. The van der Waals surface area contributed by atoms with Crippen LogP contribution >= 0.6 is 0 Å². The highest BCUT2D eigenvalue weighted by Crippen LogP contribution is 2.25. The third kappa shape index (κ3) is 32.1. The van der Waals surface area contributed by atoms with Gasteiger partial charge in [-0.3, -0.25) is 9.59 Å². The summed E-state index contributed by atoms with van der Waals surface area (Å²) < 4.78 is 11.1. The SMILES string of the molecule is CCCCCCCCCOC(=O)CCCCCCCN(CCCO)CCCCCC(C)(C)COC(=O)CCCCCC(CCC)CCC. The van der Waals surface area contributed by atoms with E-state index in [0.29, 0.717) is 26.1 Å². The van der Waals surface area contributed by atoms with Crippen molar-refractivity contribution in [2.24, 2.45) is 11.3 Å². The van der Waals surface area contributed by atoms with Crippen LogP contribution in [0.3, 0.4) is 0 Å². The maximum Gasteiger partial charge on any atom is 0.305 e. The topological polar surface area (TPSA) is 76.1 Å². The van der Waals surface area contributed by atoms with Gasteiger partial charge in [0.25, 0.3) is 0 Å². The summed E-state index contributed by atoms with van der Waals surface area (Å²) in [5, 5.41) is 9.37. The zero-order valence-electron chi connectivity index (χ0n) is 32.9. The molecule has 0 aliphatic heterocycles. The molecule has 0 aromatic heterocycles. The fourth-order valence-electron chi connectivity index (χ4n) is 6.75. The summed E-state index contributed by atoms with van der Waals surface area (Å²) in [6.45, 7) is 15.7. The summed E-state index contributed by atoms with van der Waals surface area (Å²) in [4.78, 5) is 26.8. The fraction of sp³-hybridized carbons (Fsp3) is 0.952. The second-order valence-electron chi connectivity index (χ2n) is 15.5. The number of aliphatic hydroxyl groups is 1. The van der Waals surface area contributed by atoms with E-state index in [2.05, 4.69) is 39.5 Å². The fourth-order valence-corrected chi connectivity index (χ4v) is 6.75. The molecular formula is C42H83NO5. The molecule has 0 bridgehead atoms. The van der Waals surface area contributed by atoms with Crippen LogP contribution in [-0.2, 0) is 19.1 Å². The molecule has 0 spiro atoms. The van der Waals surface area contributed by atoms with Gasteiger partial charge in [-0.2, -0.15) is 0 Å². The van der Waals surface area contributed by atoms with Crippen LogP contribution in [-0.4, -0.2) is 61.4 Å². The average Bonchev–Trinajstić information content (AvgIpc) is 3.06. The van der Waals surface area contributed by atoms with E-state index in [-0.39, 0.29) is 24.0 Å². The minimum atomic E-state index is -0.0298.